The van der Waals surface area contributed by atoms with Gasteiger partial charge in [0.1, 0.15) is 24.0 Å². The summed E-state index contributed by atoms with van der Waals surface area (Å²) >= 11 is 6.45. The van der Waals surface area contributed by atoms with Gasteiger partial charge in [0, 0.05) is 17.9 Å². The molecule has 33 heavy (non-hydrogen) atoms. The molecule has 2 heterocycles. The van der Waals surface area contributed by atoms with Crippen molar-refractivity contribution in [3.8, 4) is 0 Å². The number of hydrogen-bond acceptors (Lipinski definition) is 5. The summed E-state index contributed by atoms with van der Waals surface area (Å²) in [5.74, 6) is 2.64. The van der Waals surface area contributed by atoms with Crippen LogP contribution in [0.5, 0.6) is 0 Å². The van der Waals surface area contributed by atoms with E-state index in [0.717, 1.165) is 58.5 Å². The van der Waals surface area contributed by atoms with Crippen LogP contribution < -0.4 is 0 Å². The molecule has 0 aliphatic carbocycles. The molecule has 2 aromatic heterocycles. The summed E-state index contributed by atoms with van der Waals surface area (Å²) in [6.45, 7) is 6.78. The van der Waals surface area contributed by atoms with Crippen molar-refractivity contribution in [2.45, 2.75) is 53.0 Å². The van der Waals surface area contributed by atoms with E-state index in [1.165, 1.54) is 0 Å². The van der Waals surface area contributed by atoms with Gasteiger partial charge in [0.25, 0.3) is 0 Å². The first-order chi connectivity index (χ1) is 16.0. The number of furan rings is 1. The Morgan fingerprint density at radius 2 is 2.00 bits per heavy atom. The van der Waals surface area contributed by atoms with Gasteiger partial charge in [-0.1, -0.05) is 43.1 Å². The number of aryl methyl sites for hydroxylation is 2. The van der Waals surface area contributed by atoms with E-state index in [2.05, 4.69) is 16.5 Å². The molecule has 0 radical (unpaired) electrons. The molecular weight excluding hydrogens is 440 g/mol. The Balaban J connectivity index is 1.93. The zero-order valence-electron chi connectivity index (χ0n) is 19.5. The number of aromatic nitrogens is 2. The van der Waals surface area contributed by atoms with Crippen LogP contribution in [0, 0.1) is 6.92 Å². The second-order valence-corrected chi connectivity index (χ2v) is 8.25. The Bertz CT molecular complexity index is 1080. The summed E-state index contributed by atoms with van der Waals surface area (Å²) in [6, 6.07) is 11.7. The summed E-state index contributed by atoms with van der Waals surface area (Å²) in [7, 11) is 0. The number of halogens is 1. The number of ether oxygens (including phenoxy) is 2. The highest BCUT2D eigenvalue weighted by molar-refractivity contribution is 6.31. The van der Waals surface area contributed by atoms with Crippen LogP contribution in [0.25, 0.3) is 6.08 Å². The molecule has 1 aromatic carbocycles. The molecule has 176 valence electrons. The quantitative estimate of drug-likeness (QED) is 0.294. The first kappa shape index (κ1) is 24.6. The van der Waals surface area contributed by atoms with Crippen LogP contribution >= 0.6 is 11.6 Å². The Labute approximate surface area is 200 Å². The van der Waals surface area contributed by atoms with Crippen LogP contribution in [-0.2, 0) is 28.9 Å². The molecular formula is C26H31ClN2O4. The van der Waals surface area contributed by atoms with Gasteiger partial charge in [-0.25, -0.2) is 9.78 Å². The normalized spacial score (nSPS) is 11.6. The van der Waals surface area contributed by atoms with E-state index in [0.29, 0.717) is 13.0 Å². The van der Waals surface area contributed by atoms with Gasteiger partial charge < -0.3 is 18.5 Å². The summed E-state index contributed by atoms with van der Waals surface area (Å²) in [5, 5.41) is 0.722. The number of carbonyl (C=O) groups excluding carboxylic acids is 1. The van der Waals surface area contributed by atoms with Gasteiger partial charge in [-0.3, -0.25) is 0 Å². The average Bonchev–Trinajstić information content (AvgIpc) is 3.38. The SMILES string of the molecule is CCCCc1ncc(C=C(COC(=O)OCC)Cc2ccc(C)o2)n1Cc1ccccc1Cl. The first-order valence-corrected chi connectivity index (χ1v) is 11.7. The van der Waals surface area contributed by atoms with E-state index in [9.17, 15) is 4.79 Å². The van der Waals surface area contributed by atoms with Crippen molar-refractivity contribution in [1.82, 2.24) is 9.55 Å². The molecule has 6 nitrogen and oxygen atoms in total. The lowest BCUT2D eigenvalue weighted by Crippen LogP contribution is -2.11. The van der Waals surface area contributed by atoms with Crippen LogP contribution in [0.4, 0.5) is 4.79 Å². The fourth-order valence-corrected chi connectivity index (χ4v) is 3.72. The fourth-order valence-electron chi connectivity index (χ4n) is 3.53. The lowest BCUT2D eigenvalue weighted by atomic mass is 10.1. The van der Waals surface area contributed by atoms with E-state index < -0.39 is 6.16 Å². The summed E-state index contributed by atoms with van der Waals surface area (Å²) in [5.41, 5.74) is 2.82. The van der Waals surface area contributed by atoms with Crippen molar-refractivity contribution in [2.75, 3.05) is 13.2 Å². The van der Waals surface area contributed by atoms with Gasteiger partial charge in [0.15, 0.2) is 0 Å². The van der Waals surface area contributed by atoms with Gasteiger partial charge in [-0.05, 0) is 55.7 Å². The molecule has 3 aromatic rings. The zero-order chi connectivity index (χ0) is 23.6. The smallest absolute Gasteiger partial charge is 0.466 e. The maximum Gasteiger partial charge on any atom is 0.508 e. The third kappa shape index (κ3) is 7.26. The molecule has 0 saturated carbocycles. The molecule has 7 heteroatoms. The van der Waals surface area contributed by atoms with Crippen LogP contribution in [-0.4, -0.2) is 28.9 Å². The van der Waals surface area contributed by atoms with Gasteiger partial charge in [0.2, 0.25) is 0 Å². The standard InChI is InChI=1S/C26H31ClN2O4/c1-4-6-11-25-28-16-22(29(25)17-21-9-7-8-10-24(21)27)14-20(18-32-26(30)31-5-2)15-23-13-12-19(3)33-23/h7-10,12-14,16H,4-6,11,15,17-18H2,1-3H3. The molecule has 0 N–H and O–H groups in total. The molecule has 0 atom stereocenters. The molecule has 0 amide bonds. The van der Waals surface area contributed by atoms with Crippen LogP contribution in [0.2, 0.25) is 5.02 Å². The third-order valence-electron chi connectivity index (χ3n) is 5.20. The van der Waals surface area contributed by atoms with E-state index in [1.807, 2.05) is 55.6 Å². The summed E-state index contributed by atoms with van der Waals surface area (Å²) < 4.78 is 18.2. The van der Waals surface area contributed by atoms with Crippen molar-refractivity contribution in [3.63, 3.8) is 0 Å². The monoisotopic (exact) mass is 470 g/mol. The Morgan fingerprint density at radius 3 is 2.70 bits per heavy atom. The molecule has 0 spiro atoms. The van der Waals surface area contributed by atoms with E-state index in [-0.39, 0.29) is 13.2 Å². The average molecular weight is 471 g/mol. The molecule has 0 fully saturated rings. The van der Waals surface area contributed by atoms with Crippen LogP contribution in [0.15, 0.2) is 52.6 Å². The molecule has 3 rings (SSSR count). The topological polar surface area (TPSA) is 66.5 Å². The number of rotatable bonds is 11. The molecule has 0 bridgehead atoms. The highest BCUT2D eigenvalue weighted by atomic mass is 35.5. The molecule has 0 unspecified atom stereocenters. The summed E-state index contributed by atoms with van der Waals surface area (Å²) in [6.07, 6.45) is 6.70. The zero-order valence-corrected chi connectivity index (χ0v) is 20.2. The highest BCUT2D eigenvalue weighted by Gasteiger charge is 2.14. The minimum Gasteiger partial charge on any atom is -0.466 e. The Hall–Kier alpha value is -2.99. The minimum atomic E-state index is -0.688. The maximum atomic E-state index is 11.8. The van der Waals surface area contributed by atoms with Gasteiger partial charge in [0.05, 0.1) is 25.0 Å². The number of benzene rings is 1. The predicted molar refractivity (Wildman–Crippen MR) is 129 cm³/mol. The number of imidazole rings is 1. The van der Waals surface area contributed by atoms with Gasteiger partial charge in [-0.15, -0.1) is 0 Å². The largest absolute Gasteiger partial charge is 0.508 e. The third-order valence-corrected chi connectivity index (χ3v) is 5.56. The number of hydrogen-bond donors (Lipinski definition) is 0. The van der Waals surface area contributed by atoms with Crippen LogP contribution in [0.1, 0.15) is 55.3 Å². The van der Waals surface area contributed by atoms with Crippen molar-refractivity contribution in [1.29, 1.82) is 0 Å². The first-order valence-electron chi connectivity index (χ1n) is 11.3. The minimum absolute atomic E-state index is 0.0974. The van der Waals surface area contributed by atoms with Crippen molar-refractivity contribution >= 4 is 23.8 Å². The second-order valence-electron chi connectivity index (χ2n) is 7.84. The molecule has 0 saturated heterocycles. The van der Waals surface area contributed by atoms with Crippen molar-refractivity contribution in [2.24, 2.45) is 0 Å². The maximum absolute atomic E-state index is 11.8. The van der Waals surface area contributed by atoms with E-state index in [4.69, 9.17) is 25.5 Å². The number of unbranched alkanes of at least 4 members (excludes halogenated alkanes) is 1. The number of carbonyl (C=O) groups is 1. The lowest BCUT2D eigenvalue weighted by Gasteiger charge is -2.13. The predicted octanol–water partition coefficient (Wildman–Crippen LogP) is 6.63. The Kier molecular flexibility index (Phi) is 9.19. The van der Waals surface area contributed by atoms with Gasteiger partial charge >= 0.3 is 6.16 Å². The summed E-state index contributed by atoms with van der Waals surface area (Å²) in [4.78, 5) is 16.5. The van der Waals surface area contributed by atoms with Crippen molar-refractivity contribution in [3.05, 3.63) is 81.8 Å². The van der Waals surface area contributed by atoms with E-state index >= 15 is 0 Å². The van der Waals surface area contributed by atoms with Crippen LogP contribution in [0.3, 0.4) is 0 Å². The number of nitrogens with zero attached hydrogens (tertiary/aromatic N) is 2. The molecule has 0 aliphatic heterocycles. The fraction of sp³-hybridized carbons (Fsp3) is 0.385. The lowest BCUT2D eigenvalue weighted by molar-refractivity contribution is 0.0653. The van der Waals surface area contributed by atoms with Gasteiger partial charge in [-0.2, -0.15) is 0 Å². The Morgan fingerprint density at radius 1 is 1.18 bits per heavy atom. The van der Waals surface area contributed by atoms with Crippen molar-refractivity contribution < 1.29 is 18.7 Å². The molecule has 0 aliphatic rings. The highest BCUT2D eigenvalue weighted by Crippen LogP contribution is 2.22. The second kappa shape index (κ2) is 12.3. The van der Waals surface area contributed by atoms with E-state index in [1.54, 1.807) is 6.92 Å².